The molecule has 256 valence electrons. The van der Waals surface area contributed by atoms with Crippen molar-refractivity contribution in [1.82, 2.24) is 39.0 Å². The van der Waals surface area contributed by atoms with Crippen molar-refractivity contribution in [3.63, 3.8) is 0 Å². The first kappa shape index (κ1) is 30.6. The summed E-state index contributed by atoms with van der Waals surface area (Å²) >= 11 is 0. The van der Waals surface area contributed by atoms with E-state index in [-0.39, 0.29) is 11.8 Å². The molecule has 0 fully saturated rings. The van der Waals surface area contributed by atoms with Crippen molar-refractivity contribution in [2.45, 2.75) is 25.7 Å². The minimum atomic E-state index is 0.284. The Hall–Kier alpha value is -7.06. The summed E-state index contributed by atoms with van der Waals surface area (Å²) in [6, 6.07) is 34.7. The van der Waals surface area contributed by atoms with Crippen LogP contribution >= 0.6 is 0 Å². The normalized spacial score (nSPS) is 15.2. The van der Waals surface area contributed by atoms with Crippen molar-refractivity contribution in [3.05, 3.63) is 158 Å². The van der Waals surface area contributed by atoms with E-state index in [4.69, 9.17) is 0 Å². The molecule has 0 radical (unpaired) electrons. The fourth-order valence-electron chi connectivity index (χ4n) is 8.63. The lowest BCUT2D eigenvalue weighted by Crippen LogP contribution is -2.13. The first-order chi connectivity index (χ1) is 26.6. The maximum absolute atomic E-state index is 4.57. The van der Waals surface area contributed by atoms with Crippen molar-refractivity contribution < 1.29 is 0 Å². The average Bonchev–Trinajstić information content (AvgIpc) is 3.74. The van der Waals surface area contributed by atoms with E-state index in [0.29, 0.717) is 11.6 Å². The van der Waals surface area contributed by atoms with Gasteiger partial charge in [0.1, 0.15) is 0 Å². The summed E-state index contributed by atoms with van der Waals surface area (Å²) in [6.45, 7) is 4.74. The quantitative estimate of drug-likeness (QED) is 0.182. The SMILES string of the molecule is CC1c2cc3c4cc(-c5ncccn5)ccc4n(-c4cccnc4)c3cc2-c2cc3c(cc2C1C)c1cc(-c2ncccn2)ccc1n3-c1cccnc1. The van der Waals surface area contributed by atoms with Gasteiger partial charge in [-0.05, 0) is 131 Å². The number of nitrogens with zero attached hydrogens (tertiary/aromatic N) is 8. The van der Waals surface area contributed by atoms with Crippen LogP contribution in [0.4, 0.5) is 0 Å². The van der Waals surface area contributed by atoms with Gasteiger partial charge in [0.25, 0.3) is 0 Å². The minimum Gasteiger partial charge on any atom is -0.308 e. The molecule has 0 spiro atoms. The number of fused-ring (bicyclic) bond motifs is 9. The van der Waals surface area contributed by atoms with Crippen LogP contribution in [0.1, 0.15) is 36.8 Å². The maximum atomic E-state index is 4.57. The molecule has 54 heavy (non-hydrogen) atoms. The van der Waals surface area contributed by atoms with Crippen LogP contribution < -0.4 is 0 Å². The van der Waals surface area contributed by atoms with Crippen molar-refractivity contribution in [2.24, 2.45) is 0 Å². The minimum absolute atomic E-state index is 0.284. The Morgan fingerprint density at radius 3 is 1.26 bits per heavy atom. The molecule has 0 aliphatic heterocycles. The monoisotopic (exact) mass is 696 g/mol. The van der Waals surface area contributed by atoms with Crippen LogP contribution in [-0.4, -0.2) is 39.0 Å². The Labute approximate surface area is 310 Å². The van der Waals surface area contributed by atoms with E-state index in [1.165, 1.54) is 33.0 Å². The van der Waals surface area contributed by atoms with E-state index in [1.807, 2.05) is 49.1 Å². The van der Waals surface area contributed by atoms with E-state index < -0.39 is 0 Å². The second kappa shape index (κ2) is 11.7. The van der Waals surface area contributed by atoms with Crippen molar-refractivity contribution >= 4 is 43.6 Å². The Bertz CT molecular complexity index is 2850. The Kier molecular flexibility index (Phi) is 6.64. The Morgan fingerprint density at radius 1 is 0.426 bits per heavy atom. The molecule has 0 saturated carbocycles. The van der Waals surface area contributed by atoms with Gasteiger partial charge in [0.2, 0.25) is 0 Å². The van der Waals surface area contributed by atoms with Crippen LogP contribution in [0, 0.1) is 0 Å². The molecule has 0 saturated heterocycles. The molecule has 1 aliphatic carbocycles. The van der Waals surface area contributed by atoms with Gasteiger partial charge in [0.15, 0.2) is 11.6 Å². The first-order valence-corrected chi connectivity index (χ1v) is 18.2. The molecule has 1 aliphatic rings. The summed E-state index contributed by atoms with van der Waals surface area (Å²) in [5.41, 5.74) is 13.7. The lowest BCUT2D eigenvalue weighted by molar-refractivity contribution is 0.617. The second-order valence-corrected chi connectivity index (χ2v) is 14.2. The molecule has 0 N–H and O–H groups in total. The van der Waals surface area contributed by atoms with E-state index >= 15 is 0 Å². The van der Waals surface area contributed by atoms with Crippen LogP contribution in [-0.2, 0) is 0 Å². The predicted octanol–water partition coefficient (Wildman–Crippen LogP) is 10.5. The van der Waals surface area contributed by atoms with Gasteiger partial charge in [0.05, 0.1) is 45.8 Å². The molecule has 0 amide bonds. The standard InChI is InChI=1S/C46H32N8/c1-27-28(2)34-22-40-38-20-30(46-51-17-6-18-52-46)10-12-42(38)54(32-8-4-14-48-26-32)44(40)24-36(34)35-23-43-39(21-33(27)35)37-19-29(45-49-15-5-16-50-45)9-11-41(37)53(43)31-7-3-13-47-25-31/h3-28H,1-2H3. The highest BCUT2D eigenvalue weighted by molar-refractivity contribution is 6.14. The fourth-order valence-corrected chi connectivity index (χ4v) is 8.63. The van der Waals surface area contributed by atoms with E-state index in [1.54, 1.807) is 24.8 Å². The number of aromatic nitrogens is 8. The average molecular weight is 697 g/mol. The largest absolute Gasteiger partial charge is 0.308 e. The fraction of sp³-hybridized carbons (Fsp3) is 0.0870. The van der Waals surface area contributed by atoms with Crippen LogP contribution in [0.3, 0.4) is 0 Å². The number of rotatable bonds is 4. The molecule has 4 aromatic carbocycles. The highest BCUT2D eigenvalue weighted by Gasteiger charge is 2.31. The first-order valence-electron chi connectivity index (χ1n) is 18.2. The van der Waals surface area contributed by atoms with Crippen molar-refractivity contribution in [2.75, 3.05) is 0 Å². The van der Waals surface area contributed by atoms with Crippen LogP contribution in [0.5, 0.6) is 0 Å². The zero-order valence-corrected chi connectivity index (χ0v) is 29.6. The lowest BCUT2D eigenvalue weighted by Gasteiger charge is -2.32. The molecule has 2 atom stereocenters. The summed E-state index contributed by atoms with van der Waals surface area (Å²) in [7, 11) is 0. The summed E-state index contributed by atoms with van der Waals surface area (Å²) in [5.74, 6) is 2.00. The van der Waals surface area contributed by atoms with Crippen molar-refractivity contribution in [1.29, 1.82) is 0 Å². The third kappa shape index (κ3) is 4.49. The van der Waals surface area contributed by atoms with Crippen LogP contribution in [0.2, 0.25) is 0 Å². The zero-order chi connectivity index (χ0) is 35.9. The Morgan fingerprint density at radius 2 is 0.852 bits per heavy atom. The molecular weight excluding hydrogens is 665 g/mol. The number of hydrogen-bond acceptors (Lipinski definition) is 6. The van der Waals surface area contributed by atoms with Gasteiger partial charge >= 0.3 is 0 Å². The molecule has 8 heteroatoms. The molecule has 11 rings (SSSR count). The molecule has 6 aromatic heterocycles. The van der Waals surface area contributed by atoms with E-state index in [9.17, 15) is 0 Å². The smallest absolute Gasteiger partial charge is 0.159 e. The van der Waals surface area contributed by atoms with E-state index in [2.05, 4.69) is 126 Å². The molecule has 6 heterocycles. The lowest BCUT2D eigenvalue weighted by atomic mass is 9.72. The van der Waals surface area contributed by atoms with Gasteiger partial charge in [-0.1, -0.05) is 13.8 Å². The third-order valence-electron chi connectivity index (χ3n) is 11.4. The molecule has 10 aromatic rings. The summed E-state index contributed by atoms with van der Waals surface area (Å²) < 4.78 is 4.68. The van der Waals surface area contributed by atoms with Crippen LogP contribution in [0.25, 0.3) is 88.9 Å². The van der Waals surface area contributed by atoms with Gasteiger partial charge in [-0.2, -0.15) is 0 Å². The molecule has 8 nitrogen and oxygen atoms in total. The number of benzene rings is 4. The second-order valence-electron chi connectivity index (χ2n) is 14.2. The van der Waals surface area contributed by atoms with Gasteiger partial charge in [-0.3, -0.25) is 9.97 Å². The topological polar surface area (TPSA) is 87.2 Å². The maximum Gasteiger partial charge on any atom is 0.159 e. The highest BCUT2D eigenvalue weighted by atomic mass is 15.0. The van der Waals surface area contributed by atoms with E-state index in [0.717, 1.165) is 55.3 Å². The summed E-state index contributed by atoms with van der Waals surface area (Å²) in [4.78, 5) is 27.3. The Balaban J connectivity index is 1.21. The number of pyridine rings is 2. The van der Waals surface area contributed by atoms with Gasteiger partial charge in [0, 0.05) is 69.9 Å². The summed E-state index contributed by atoms with van der Waals surface area (Å²) in [5, 5.41) is 4.73. The highest BCUT2D eigenvalue weighted by Crippen LogP contribution is 2.51. The summed E-state index contributed by atoms with van der Waals surface area (Å²) in [6.07, 6.45) is 14.7. The molecular formula is C46H32N8. The predicted molar refractivity (Wildman–Crippen MR) is 215 cm³/mol. The third-order valence-corrected chi connectivity index (χ3v) is 11.4. The number of hydrogen-bond donors (Lipinski definition) is 0. The van der Waals surface area contributed by atoms with Crippen LogP contribution in [0.15, 0.2) is 147 Å². The van der Waals surface area contributed by atoms with Crippen molar-refractivity contribution in [3.8, 4) is 45.3 Å². The van der Waals surface area contributed by atoms with Gasteiger partial charge in [-0.25, -0.2) is 19.9 Å². The molecule has 2 unspecified atom stereocenters. The molecule has 0 bridgehead atoms. The van der Waals surface area contributed by atoms with Gasteiger partial charge in [-0.15, -0.1) is 0 Å². The zero-order valence-electron chi connectivity index (χ0n) is 29.6. The van der Waals surface area contributed by atoms with Gasteiger partial charge < -0.3 is 9.13 Å².